The van der Waals surface area contributed by atoms with E-state index in [4.69, 9.17) is 9.15 Å². The van der Waals surface area contributed by atoms with E-state index in [9.17, 15) is 4.79 Å². The number of amides is 1. The maximum atomic E-state index is 11.9. The first-order chi connectivity index (χ1) is 9.58. The van der Waals surface area contributed by atoms with E-state index in [2.05, 4.69) is 10.3 Å². The lowest BCUT2D eigenvalue weighted by Crippen LogP contribution is -2.13. The second-order valence-electron chi connectivity index (χ2n) is 4.61. The van der Waals surface area contributed by atoms with Crippen molar-refractivity contribution in [3.63, 3.8) is 0 Å². The lowest BCUT2D eigenvalue weighted by molar-refractivity contribution is -0.116. The molecule has 0 bridgehead atoms. The summed E-state index contributed by atoms with van der Waals surface area (Å²) in [7, 11) is 1.58. The fourth-order valence-electron chi connectivity index (χ4n) is 1.90. The van der Waals surface area contributed by atoms with Crippen LogP contribution in [0.15, 0.2) is 28.9 Å². The molecule has 0 aliphatic rings. The van der Waals surface area contributed by atoms with E-state index in [1.807, 2.05) is 25.1 Å². The van der Waals surface area contributed by atoms with Gasteiger partial charge in [0.2, 0.25) is 5.91 Å². The van der Waals surface area contributed by atoms with Crippen LogP contribution in [0.3, 0.4) is 0 Å². The molecule has 20 heavy (non-hydrogen) atoms. The standard InChI is InChI=1S/C15H18N2O3/c1-10-4-6-14(19-3)13(8-10)17-15(18)7-5-12-9-20-11(2)16-12/h4,6,8-9H,5,7H2,1-3H3,(H,17,18). The number of hydrogen-bond donors (Lipinski definition) is 1. The highest BCUT2D eigenvalue weighted by Crippen LogP contribution is 2.25. The summed E-state index contributed by atoms with van der Waals surface area (Å²) in [5.41, 5.74) is 2.54. The van der Waals surface area contributed by atoms with Crippen LogP contribution in [0.4, 0.5) is 5.69 Å². The number of aryl methyl sites for hydroxylation is 3. The number of nitrogens with zero attached hydrogens (tertiary/aromatic N) is 1. The molecule has 0 atom stereocenters. The van der Waals surface area contributed by atoms with Gasteiger partial charge in [0.25, 0.3) is 0 Å². The monoisotopic (exact) mass is 274 g/mol. The maximum absolute atomic E-state index is 11.9. The highest BCUT2D eigenvalue weighted by Gasteiger charge is 2.09. The zero-order chi connectivity index (χ0) is 14.5. The average Bonchev–Trinajstić information content (AvgIpc) is 2.83. The van der Waals surface area contributed by atoms with Gasteiger partial charge < -0.3 is 14.5 Å². The molecule has 106 valence electrons. The third-order valence-corrected chi connectivity index (χ3v) is 2.90. The van der Waals surface area contributed by atoms with Gasteiger partial charge >= 0.3 is 0 Å². The number of carbonyl (C=O) groups is 1. The van der Waals surface area contributed by atoms with Crippen LogP contribution in [0.2, 0.25) is 0 Å². The molecule has 0 radical (unpaired) electrons. The molecule has 5 heteroatoms. The molecule has 5 nitrogen and oxygen atoms in total. The summed E-state index contributed by atoms with van der Waals surface area (Å²) in [5, 5.41) is 2.86. The lowest BCUT2D eigenvalue weighted by atomic mass is 10.2. The van der Waals surface area contributed by atoms with E-state index < -0.39 is 0 Å². The van der Waals surface area contributed by atoms with E-state index in [0.29, 0.717) is 30.2 Å². The Morgan fingerprint density at radius 3 is 2.85 bits per heavy atom. The summed E-state index contributed by atoms with van der Waals surface area (Å²) < 4.78 is 10.3. The zero-order valence-electron chi connectivity index (χ0n) is 11.9. The molecule has 0 aliphatic heterocycles. The van der Waals surface area contributed by atoms with E-state index >= 15 is 0 Å². The van der Waals surface area contributed by atoms with Crippen LogP contribution in [0.25, 0.3) is 0 Å². The third-order valence-electron chi connectivity index (χ3n) is 2.90. The number of anilines is 1. The molecule has 2 rings (SSSR count). The van der Waals surface area contributed by atoms with Crippen LogP contribution in [-0.4, -0.2) is 18.0 Å². The number of aromatic nitrogens is 1. The second kappa shape index (κ2) is 6.23. The SMILES string of the molecule is COc1ccc(C)cc1NC(=O)CCc1coc(C)n1. The Kier molecular flexibility index (Phi) is 4.40. The van der Waals surface area contributed by atoms with Crippen molar-refractivity contribution >= 4 is 11.6 Å². The summed E-state index contributed by atoms with van der Waals surface area (Å²) in [5.74, 6) is 1.19. The fourth-order valence-corrected chi connectivity index (χ4v) is 1.90. The number of carbonyl (C=O) groups excluding carboxylic acids is 1. The van der Waals surface area contributed by atoms with Crippen LogP contribution in [-0.2, 0) is 11.2 Å². The highest BCUT2D eigenvalue weighted by molar-refractivity contribution is 5.92. The molecule has 1 aromatic heterocycles. The molecule has 0 fully saturated rings. The van der Waals surface area contributed by atoms with E-state index in [-0.39, 0.29) is 5.91 Å². The molecule has 1 aromatic carbocycles. The number of hydrogen-bond acceptors (Lipinski definition) is 4. The van der Waals surface area contributed by atoms with Gasteiger partial charge in [-0.3, -0.25) is 4.79 Å². The predicted molar refractivity (Wildman–Crippen MR) is 75.9 cm³/mol. The zero-order valence-corrected chi connectivity index (χ0v) is 11.9. The topological polar surface area (TPSA) is 64.4 Å². The van der Waals surface area contributed by atoms with Gasteiger partial charge in [-0.15, -0.1) is 0 Å². The normalized spacial score (nSPS) is 10.3. The van der Waals surface area contributed by atoms with Gasteiger partial charge in [-0.2, -0.15) is 0 Å². The van der Waals surface area contributed by atoms with Gasteiger partial charge in [-0.1, -0.05) is 6.07 Å². The Labute approximate surface area is 118 Å². The summed E-state index contributed by atoms with van der Waals surface area (Å²) in [6.45, 7) is 3.74. The quantitative estimate of drug-likeness (QED) is 0.910. The highest BCUT2D eigenvalue weighted by atomic mass is 16.5. The number of oxazole rings is 1. The van der Waals surface area contributed by atoms with Crippen LogP contribution >= 0.6 is 0 Å². The van der Waals surface area contributed by atoms with Crippen molar-refractivity contribution < 1.29 is 13.9 Å². The Balaban J connectivity index is 1.96. The molecule has 0 saturated heterocycles. The number of nitrogens with one attached hydrogen (secondary N) is 1. The van der Waals surface area contributed by atoms with Gasteiger partial charge in [0.05, 0.1) is 18.5 Å². The summed E-state index contributed by atoms with van der Waals surface area (Å²) >= 11 is 0. The van der Waals surface area contributed by atoms with Crippen LogP contribution < -0.4 is 10.1 Å². The Bertz CT molecular complexity index is 605. The molecular formula is C15H18N2O3. The first-order valence-electron chi connectivity index (χ1n) is 6.44. The number of ether oxygens (including phenoxy) is 1. The Morgan fingerprint density at radius 1 is 1.40 bits per heavy atom. The maximum Gasteiger partial charge on any atom is 0.224 e. The van der Waals surface area contributed by atoms with Crippen molar-refractivity contribution in [2.75, 3.05) is 12.4 Å². The minimum Gasteiger partial charge on any atom is -0.495 e. The molecule has 0 saturated carbocycles. The van der Waals surface area contributed by atoms with Gasteiger partial charge in [-0.25, -0.2) is 4.98 Å². The van der Waals surface area contributed by atoms with Crippen LogP contribution in [0.5, 0.6) is 5.75 Å². The smallest absolute Gasteiger partial charge is 0.224 e. The number of benzene rings is 1. The van der Waals surface area contributed by atoms with E-state index in [0.717, 1.165) is 11.3 Å². The van der Waals surface area contributed by atoms with E-state index in [1.54, 1.807) is 20.3 Å². The second-order valence-corrected chi connectivity index (χ2v) is 4.61. The number of methoxy groups -OCH3 is 1. The van der Waals surface area contributed by atoms with Crippen molar-refractivity contribution in [3.8, 4) is 5.75 Å². The minimum atomic E-state index is -0.0745. The van der Waals surface area contributed by atoms with Gasteiger partial charge in [0.15, 0.2) is 5.89 Å². The molecule has 0 spiro atoms. The van der Waals surface area contributed by atoms with Crippen molar-refractivity contribution in [1.29, 1.82) is 0 Å². The van der Waals surface area contributed by atoms with Crippen LogP contribution in [0.1, 0.15) is 23.6 Å². The molecule has 0 aliphatic carbocycles. The fraction of sp³-hybridized carbons (Fsp3) is 0.333. The summed E-state index contributed by atoms with van der Waals surface area (Å²) in [4.78, 5) is 16.1. The largest absolute Gasteiger partial charge is 0.495 e. The average molecular weight is 274 g/mol. The lowest BCUT2D eigenvalue weighted by Gasteiger charge is -2.10. The van der Waals surface area contributed by atoms with Crippen molar-refractivity contribution in [1.82, 2.24) is 4.98 Å². The third kappa shape index (κ3) is 3.60. The molecule has 1 heterocycles. The summed E-state index contributed by atoms with van der Waals surface area (Å²) in [6.07, 6.45) is 2.48. The van der Waals surface area contributed by atoms with Gasteiger partial charge in [-0.05, 0) is 24.6 Å². The number of rotatable bonds is 5. The predicted octanol–water partition coefficient (Wildman–Crippen LogP) is 2.87. The molecular weight excluding hydrogens is 256 g/mol. The van der Waals surface area contributed by atoms with Gasteiger partial charge in [0, 0.05) is 19.8 Å². The molecule has 0 unspecified atom stereocenters. The van der Waals surface area contributed by atoms with Crippen LogP contribution in [0, 0.1) is 13.8 Å². The first kappa shape index (κ1) is 14.1. The van der Waals surface area contributed by atoms with Crippen molar-refractivity contribution in [2.24, 2.45) is 0 Å². The molecule has 2 aromatic rings. The van der Waals surface area contributed by atoms with Gasteiger partial charge in [0.1, 0.15) is 12.0 Å². The van der Waals surface area contributed by atoms with Crippen molar-refractivity contribution in [3.05, 3.63) is 41.6 Å². The molecule has 1 amide bonds. The first-order valence-corrected chi connectivity index (χ1v) is 6.44. The Morgan fingerprint density at radius 2 is 2.20 bits per heavy atom. The summed E-state index contributed by atoms with van der Waals surface area (Å²) in [6, 6.07) is 5.66. The van der Waals surface area contributed by atoms with Crippen molar-refractivity contribution in [2.45, 2.75) is 26.7 Å². The minimum absolute atomic E-state index is 0.0745. The van der Waals surface area contributed by atoms with E-state index in [1.165, 1.54) is 0 Å². The molecule has 1 N–H and O–H groups in total. The Hall–Kier alpha value is -2.30.